The van der Waals surface area contributed by atoms with Crippen molar-refractivity contribution in [2.24, 2.45) is 0 Å². The number of hydrogen-bond acceptors (Lipinski definition) is 1. The molecule has 1 fully saturated rings. The van der Waals surface area contributed by atoms with Crippen LogP contribution in [-0.4, -0.2) is 29.8 Å². The average Bonchev–Trinajstić information content (AvgIpc) is 2.99. The lowest BCUT2D eigenvalue weighted by Gasteiger charge is -2.34. The summed E-state index contributed by atoms with van der Waals surface area (Å²) in [5.74, 6) is 0. The summed E-state index contributed by atoms with van der Waals surface area (Å²) < 4.78 is 40.1. The molecule has 2 nitrogen and oxygen atoms in total. The molecule has 0 bridgehead atoms. The number of halogens is 3. The fourth-order valence-corrected chi connectivity index (χ4v) is 4.21. The molecule has 0 aromatic heterocycles. The predicted molar refractivity (Wildman–Crippen MR) is 99.4 cm³/mol. The van der Waals surface area contributed by atoms with Crippen LogP contribution in [0.3, 0.4) is 0 Å². The Balaban J connectivity index is 1.64. The monoisotopic (exact) mass is 371 g/mol. The molecule has 2 aliphatic rings. The molecule has 1 atom stereocenters. The van der Waals surface area contributed by atoms with Crippen molar-refractivity contribution in [3.8, 4) is 0 Å². The summed E-state index contributed by atoms with van der Waals surface area (Å²) in [4.78, 5) is 0. The number of hydrogen-bond donors (Lipinski definition) is 1. The van der Waals surface area contributed by atoms with Crippen molar-refractivity contribution in [2.75, 3.05) is 13.1 Å². The zero-order valence-corrected chi connectivity index (χ0v) is 14.9. The van der Waals surface area contributed by atoms with Gasteiger partial charge in [0.05, 0.1) is 5.57 Å². The first-order chi connectivity index (χ1) is 12.9. The number of allylic oxidation sites excluding steroid dienone is 2. The van der Waals surface area contributed by atoms with Crippen LogP contribution in [0.25, 0.3) is 0 Å². The predicted octanol–water partition coefficient (Wildman–Crippen LogP) is 4.56. The number of likely N-dealkylation sites (tertiary alicyclic amines) is 1. The molecule has 2 aromatic carbocycles. The molecule has 2 aliphatic heterocycles. The molecule has 0 radical (unpaired) electrons. The molecule has 2 aromatic rings. The number of benzene rings is 2. The van der Waals surface area contributed by atoms with Crippen molar-refractivity contribution >= 4 is 0 Å². The van der Waals surface area contributed by atoms with E-state index in [-0.39, 0.29) is 6.04 Å². The molecule has 140 valence electrons. The molecule has 1 saturated heterocycles. The van der Waals surface area contributed by atoms with Crippen molar-refractivity contribution in [1.82, 2.24) is 5.32 Å². The topological polar surface area (TPSA) is 12.0 Å². The standard InChI is InChI=1S/C22H22F3N2/c23-22(24,25)20-11-19-15-27(16-21(19)26-12-20,13-17-7-3-1-4-8-17)14-18-9-5-2-6-10-18/h1-12,21,26H,13-16H2/q+1. The molecule has 1 N–H and O–H groups in total. The zero-order chi connectivity index (χ0) is 18.9. The normalized spacial score (nSPS) is 21.1. The Kier molecular flexibility index (Phi) is 4.56. The van der Waals surface area contributed by atoms with Crippen molar-refractivity contribution in [1.29, 1.82) is 0 Å². The van der Waals surface area contributed by atoms with Gasteiger partial charge in [0.25, 0.3) is 0 Å². The van der Waals surface area contributed by atoms with Gasteiger partial charge in [-0.05, 0) is 6.08 Å². The molecule has 5 heteroatoms. The number of dihydropyridines is 1. The van der Waals surface area contributed by atoms with Gasteiger partial charge in [0.2, 0.25) is 0 Å². The number of nitrogens with zero attached hydrogens (tertiary/aromatic N) is 1. The van der Waals surface area contributed by atoms with Crippen molar-refractivity contribution in [3.05, 3.63) is 95.2 Å². The van der Waals surface area contributed by atoms with Gasteiger partial charge in [-0.25, -0.2) is 0 Å². The molecule has 0 aliphatic carbocycles. The van der Waals surface area contributed by atoms with Gasteiger partial charge in [-0.1, -0.05) is 60.7 Å². The first kappa shape index (κ1) is 17.9. The van der Waals surface area contributed by atoms with Crippen molar-refractivity contribution in [3.63, 3.8) is 0 Å². The summed E-state index contributed by atoms with van der Waals surface area (Å²) in [5.41, 5.74) is 2.67. The average molecular weight is 371 g/mol. The van der Waals surface area contributed by atoms with E-state index in [0.29, 0.717) is 6.54 Å². The minimum Gasteiger partial charge on any atom is -0.379 e. The third-order valence-electron chi connectivity index (χ3n) is 5.37. The van der Waals surface area contributed by atoms with Crippen molar-refractivity contribution in [2.45, 2.75) is 25.3 Å². The number of quaternary nitrogens is 1. The van der Waals surface area contributed by atoms with E-state index < -0.39 is 11.7 Å². The summed E-state index contributed by atoms with van der Waals surface area (Å²) in [6.07, 6.45) is -1.85. The Hall–Kier alpha value is -2.53. The van der Waals surface area contributed by atoms with E-state index in [2.05, 4.69) is 29.6 Å². The smallest absolute Gasteiger partial charge is 0.379 e. The van der Waals surface area contributed by atoms with E-state index in [4.69, 9.17) is 0 Å². The molecular formula is C22H22F3N2+. The highest BCUT2D eigenvalue weighted by Gasteiger charge is 2.45. The zero-order valence-electron chi connectivity index (χ0n) is 14.9. The highest BCUT2D eigenvalue weighted by molar-refractivity contribution is 5.36. The number of rotatable bonds is 4. The summed E-state index contributed by atoms with van der Waals surface area (Å²) in [6.45, 7) is 2.99. The highest BCUT2D eigenvalue weighted by Crippen LogP contribution is 2.36. The molecule has 0 saturated carbocycles. The molecule has 0 spiro atoms. The van der Waals surface area contributed by atoms with Gasteiger partial charge in [0.1, 0.15) is 32.2 Å². The maximum atomic E-state index is 13.1. The summed E-state index contributed by atoms with van der Waals surface area (Å²) in [6, 6.07) is 20.3. The molecule has 0 amide bonds. The van der Waals surface area contributed by atoms with Gasteiger partial charge in [0.15, 0.2) is 0 Å². The van der Waals surface area contributed by atoms with Crippen LogP contribution in [0, 0.1) is 0 Å². The van der Waals surface area contributed by atoms with Crippen LogP contribution in [0.15, 0.2) is 84.1 Å². The Labute approximate surface area is 157 Å². The lowest BCUT2D eigenvalue weighted by atomic mass is 10.0. The third-order valence-corrected chi connectivity index (χ3v) is 5.37. The van der Waals surface area contributed by atoms with E-state index in [1.807, 2.05) is 36.4 Å². The lowest BCUT2D eigenvalue weighted by Crippen LogP contribution is -2.46. The second-order valence-corrected chi connectivity index (χ2v) is 7.51. The first-order valence-electron chi connectivity index (χ1n) is 9.10. The second kappa shape index (κ2) is 6.89. The Morgan fingerprint density at radius 3 is 1.96 bits per heavy atom. The van der Waals surface area contributed by atoms with E-state index in [1.165, 1.54) is 17.2 Å². The minimum atomic E-state index is -4.32. The Bertz CT molecular complexity index is 813. The summed E-state index contributed by atoms with van der Waals surface area (Å²) in [5, 5.41) is 3.00. The lowest BCUT2D eigenvalue weighted by molar-refractivity contribution is -0.940. The van der Waals surface area contributed by atoms with Gasteiger partial charge in [0, 0.05) is 22.9 Å². The summed E-state index contributed by atoms with van der Waals surface area (Å²) >= 11 is 0. The Morgan fingerprint density at radius 2 is 1.44 bits per heavy atom. The minimum absolute atomic E-state index is 0.0384. The van der Waals surface area contributed by atoms with Crippen LogP contribution in [0.4, 0.5) is 13.2 Å². The van der Waals surface area contributed by atoms with Gasteiger partial charge in [-0.15, -0.1) is 0 Å². The molecule has 27 heavy (non-hydrogen) atoms. The fraction of sp³-hybridized carbons (Fsp3) is 0.273. The van der Waals surface area contributed by atoms with Crippen LogP contribution in [0.5, 0.6) is 0 Å². The Morgan fingerprint density at radius 1 is 0.889 bits per heavy atom. The van der Waals surface area contributed by atoms with Crippen LogP contribution in [0.1, 0.15) is 11.1 Å². The number of fused-ring (bicyclic) bond motifs is 1. The van der Waals surface area contributed by atoms with Crippen LogP contribution in [0.2, 0.25) is 0 Å². The van der Waals surface area contributed by atoms with Crippen molar-refractivity contribution < 1.29 is 17.7 Å². The highest BCUT2D eigenvalue weighted by atomic mass is 19.4. The number of alkyl halides is 3. The number of nitrogens with one attached hydrogen (secondary N) is 1. The summed E-state index contributed by atoms with van der Waals surface area (Å²) in [7, 11) is 0. The SMILES string of the molecule is FC(F)(F)C1=CNC2C[N+](Cc3ccccc3)(Cc3ccccc3)CC2=C1. The molecule has 2 heterocycles. The second-order valence-electron chi connectivity index (χ2n) is 7.51. The van der Waals surface area contributed by atoms with Gasteiger partial charge < -0.3 is 9.80 Å². The van der Waals surface area contributed by atoms with E-state index in [9.17, 15) is 13.2 Å². The molecular weight excluding hydrogens is 349 g/mol. The quantitative estimate of drug-likeness (QED) is 0.777. The first-order valence-corrected chi connectivity index (χ1v) is 9.10. The maximum Gasteiger partial charge on any atom is 0.417 e. The molecule has 4 rings (SSSR count). The van der Waals surface area contributed by atoms with E-state index in [0.717, 1.165) is 35.9 Å². The maximum absolute atomic E-state index is 13.1. The van der Waals surface area contributed by atoms with Gasteiger partial charge >= 0.3 is 6.18 Å². The van der Waals surface area contributed by atoms with Gasteiger partial charge in [-0.2, -0.15) is 13.2 Å². The molecule has 1 unspecified atom stereocenters. The van der Waals surface area contributed by atoms with Gasteiger partial charge in [-0.3, -0.25) is 0 Å². The van der Waals surface area contributed by atoms with E-state index in [1.54, 1.807) is 0 Å². The largest absolute Gasteiger partial charge is 0.417 e. The van der Waals surface area contributed by atoms with Crippen LogP contribution < -0.4 is 5.32 Å². The van der Waals surface area contributed by atoms with Crippen LogP contribution in [-0.2, 0) is 13.1 Å². The van der Waals surface area contributed by atoms with Crippen LogP contribution >= 0.6 is 0 Å². The third kappa shape index (κ3) is 3.93. The van der Waals surface area contributed by atoms with E-state index >= 15 is 0 Å². The fourth-order valence-electron chi connectivity index (χ4n) is 4.21.